The van der Waals surface area contributed by atoms with Crippen molar-refractivity contribution in [3.05, 3.63) is 88.9 Å². The summed E-state index contributed by atoms with van der Waals surface area (Å²) >= 11 is 6.14. The number of anilines is 1. The highest BCUT2D eigenvalue weighted by Crippen LogP contribution is 2.24. The average Bonchev–Trinajstić information content (AvgIpc) is 2.68. The Morgan fingerprint density at radius 3 is 2.58 bits per heavy atom. The predicted molar refractivity (Wildman–Crippen MR) is 103 cm³/mol. The van der Waals surface area contributed by atoms with Crippen LogP contribution in [0.25, 0.3) is 0 Å². The first-order chi connectivity index (χ1) is 12.7. The number of hydrogen-bond donors (Lipinski definition) is 1. The molecule has 0 unspecified atom stereocenters. The van der Waals surface area contributed by atoms with Crippen LogP contribution >= 0.6 is 11.6 Å². The number of halogens is 1. The van der Waals surface area contributed by atoms with Gasteiger partial charge >= 0.3 is 0 Å². The molecule has 0 bridgehead atoms. The van der Waals surface area contributed by atoms with Crippen molar-refractivity contribution in [2.24, 2.45) is 0 Å². The van der Waals surface area contributed by atoms with Crippen molar-refractivity contribution in [2.75, 3.05) is 12.4 Å². The van der Waals surface area contributed by atoms with Gasteiger partial charge in [-0.15, -0.1) is 0 Å². The third-order valence-electron chi connectivity index (χ3n) is 3.80. The molecule has 0 fully saturated rings. The topological polar surface area (TPSA) is 47.6 Å². The quantitative estimate of drug-likeness (QED) is 0.653. The van der Waals surface area contributed by atoms with E-state index in [-0.39, 0.29) is 5.91 Å². The van der Waals surface area contributed by atoms with E-state index in [1.54, 1.807) is 43.5 Å². The number of amides is 1. The highest BCUT2D eigenvalue weighted by molar-refractivity contribution is 6.31. The lowest BCUT2D eigenvalue weighted by Crippen LogP contribution is -2.12. The van der Waals surface area contributed by atoms with Gasteiger partial charge in [0, 0.05) is 16.1 Å². The summed E-state index contributed by atoms with van der Waals surface area (Å²) in [4.78, 5) is 12.5. The SMILES string of the molecule is COc1ccccc1NC(=O)c1cccc(OCc2ccccc2Cl)c1. The van der Waals surface area contributed by atoms with Gasteiger partial charge in [0.15, 0.2) is 0 Å². The van der Waals surface area contributed by atoms with Gasteiger partial charge in [0.25, 0.3) is 5.91 Å². The normalized spacial score (nSPS) is 10.2. The van der Waals surface area contributed by atoms with E-state index in [1.165, 1.54) is 0 Å². The molecule has 0 saturated carbocycles. The van der Waals surface area contributed by atoms with E-state index in [1.807, 2.05) is 36.4 Å². The first-order valence-electron chi connectivity index (χ1n) is 8.08. The Kier molecular flexibility index (Phi) is 5.77. The van der Waals surface area contributed by atoms with Gasteiger partial charge in [-0.1, -0.05) is 48.0 Å². The Balaban J connectivity index is 1.70. The lowest BCUT2D eigenvalue weighted by Gasteiger charge is -2.11. The zero-order valence-electron chi connectivity index (χ0n) is 14.2. The van der Waals surface area contributed by atoms with Crippen LogP contribution in [0.15, 0.2) is 72.8 Å². The monoisotopic (exact) mass is 367 g/mol. The molecule has 3 aromatic rings. The zero-order valence-corrected chi connectivity index (χ0v) is 15.0. The van der Waals surface area contributed by atoms with Crippen LogP contribution in [0.5, 0.6) is 11.5 Å². The van der Waals surface area contributed by atoms with Crippen LogP contribution in [0.3, 0.4) is 0 Å². The van der Waals surface area contributed by atoms with Gasteiger partial charge in [-0.2, -0.15) is 0 Å². The highest BCUT2D eigenvalue weighted by atomic mass is 35.5. The van der Waals surface area contributed by atoms with Gasteiger partial charge in [-0.05, 0) is 36.4 Å². The minimum atomic E-state index is -0.238. The van der Waals surface area contributed by atoms with E-state index in [4.69, 9.17) is 21.1 Å². The Morgan fingerprint density at radius 1 is 1.00 bits per heavy atom. The minimum absolute atomic E-state index is 0.238. The fourth-order valence-corrected chi connectivity index (χ4v) is 2.64. The molecule has 0 spiro atoms. The van der Waals surface area contributed by atoms with Crippen molar-refractivity contribution in [2.45, 2.75) is 6.61 Å². The largest absolute Gasteiger partial charge is 0.495 e. The van der Waals surface area contributed by atoms with Gasteiger partial charge in [-0.25, -0.2) is 0 Å². The van der Waals surface area contributed by atoms with Crippen molar-refractivity contribution in [3.8, 4) is 11.5 Å². The number of hydrogen-bond acceptors (Lipinski definition) is 3. The van der Waals surface area contributed by atoms with E-state index in [9.17, 15) is 4.79 Å². The molecular weight excluding hydrogens is 350 g/mol. The smallest absolute Gasteiger partial charge is 0.255 e. The van der Waals surface area contributed by atoms with Crippen molar-refractivity contribution in [3.63, 3.8) is 0 Å². The second kappa shape index (κ2) is 8.41. The van der Waals surface area contributed by atoms with Crippen LogP contribution in [0.4, 0.5) is 5.69 Å². The summed E-state index contributed by atoms with van der Waals surface area (Å²) in [5, 5.41) is 3.50. The first kappa shape index (κ1) is 17.8. The molecule has 4 nitrogen and oxygen atoms in total. The number of nitrogens with one attached hydrogen (secondary N) is 1. The number of carbonyl (C=O) groups is 1. The minimum Gasteiger partial charge on any atom is -0.495 e. The molecule has 26 heavy (non-hydrogen) atoms. The molecule has 0 atom stereocenters. The average molecular weight is 368 g/mol. The summed E-state index contributed by atoms with van der Waals surface area (Å²) in [5.41, 5.74) is 1.99. The molecule has 132 valence electrons. The van der Waals surface area contributed by atoms with Gasteiger partial charge in [-0.3, -0.25) is 4.79 Å². The van der Waals surface area contributed by atoms with Crippen molar-refractivity contribution in [1.29, 1.82) is 0 Å². The maximum Gasteiger partial charge on any atom is 0.255 e. The summed E-state index contributed by atoms with van der Waals surface area (Å²) in [6, 6.07) is 21.8. The molecule has 0 aliphatic rings. The van der Waals surface area contributed by atoms with E-state index in [2.05, 4.69) is 5.32 Å². The predicted octanol–water partition coefficient (Wildman–Crippen LogP) is 5.18. The number of ether oxygens (including phenoxy) is 2. The Hall–Kier alpha value is -2.98. The maximum absolute atomic E-state index is 12.5. The molecule has 0 heterocycles. The fourth-order valence-electron chi connectivity index (χ4n) is 2.45. The highest BCUT2D eigenvalue weighted by Gasteiger charge is 2.10. The molecule has 5 heteroatoms. The summed E-state index contributed by atoms with van der Waals surface area (Å²) in [7, 11) is 1.56. The van der Waals surface area contributed by atoms with Crippen molar-refractivity contribution in [1.82, 2.24) is 0 Å². The van der Waals surface area contributed by atoms with Gasteiger partial charge < -0.3 is 14.8 Å². The summed E-state index contributed by atoms with van der Waals surface area (Å²) in [6.45, 7) is 0.331. The summed E-state index contributed by atoms with van der Waals surface area (Å²) < 4.78 is 11.0. The van der Waals surface area contributed by atoms with Crippen LogP contribution in [0.1, 0.15) is 15.9 Å². The molecule has 0 aliphatic carbocycles. The molecule has 1 N–H and O–H groups in total. The Labute approximate surface area is 157 Å². The number of methoxy groups -OCH3 is 1. The summed E-state index contributed by atoms with van der Waals surface area (Å²) in [6.07, 6.45) is 0. The zero-order chi connectivity index (χ0) is 18.4. The standard InChI is InChI=1S/C21H18ClNO3/c1-25-20-12-5-4-11-19(20)23-21(24)15-8-6-9-17(13-15)26-14-16-7-2-3-10-18(16)22/h2-13H,14H2,1H3,(H,23,24). The lowest BCUT2D eigenvalue weighted by atomic mass is 10.2. The number of carbonyl (C=O) groups excluding carboxylic acids is 1. The van der Waals surface area contributed by atoms with Gasteiger partial charge in [0.2, 0.25) is 0 Å². The van der Waals surface area contributed by atoms with Crippen LogP contribution in [0, 0.1) is 0 Å². The van der Waals surface area contributed by atoms with Gasteiger partial charge in [0.1, 0.15) is 18.1 Å². The van der Waals surface area contributed by atoms with Crippen LogP contribution < -0.4 is 14.8 Å². The third-order valence-corrected chi connectivity index (χ3v) is 4.17. The van der Waals surface area contributed by atoms with Crippen LogP contribution in [-0.4, -0.2) is 13.0 Å². The molecule has 1 amide bonds. The molecule has 3 rings (SSSR count). The third kappa shape index (κ3) is 4.35. The Bertz CT molecular complexity index is 911. The molecule has 0 aromatic heterocycles. The summed E-state index contributed by atoms with van der Waals surface area (Å²) in [5.74, 6) is 0.960. The van der Waals surface area contributed by atoms with Gasteiger partial charge in [0.05, 0.1) is 12.8 Å². The number of rotatable bonds is 6. The first-order valence-corrected chi connectivity index (χ1v) is 8.46. The van der Waals surface area contributed by atoms with E-state index >= 15 is 0 Å². The molecule has 0 saturated heterocycles. The van der Waals surface area contributed by atoms with E-state index in [0.29, 0.717) is 34.4 Å². The van der Waals surface area contributed by atoms with Crippen LogP contribution in [-0.2, 0) is 6.61 Å². The molecule has 0 radical (unpaired) electrons. The lowest BCUT2D eigenvalue weighted by molar-refractivity contribution is 0.102. The van der Waals surface area contributed by atoms with E-state index < -0.39 is 0 Å². The second-order valence-electron chi connectivity index (χ2n) is 5.56. The van der Waals surface area contributed by atoms with E-state index in [0.717, 1.165) is 5.56 Å². The molecular formula is C21H18ClNO3. The second-order valence-corrected chi connectivity index (χ2v) is 5.97. The van der Waals surface area contributed by atoms with Crippen molar-refractivity contribution < 1.29 is 14.3 Å². The molecule has 0 aliphatic heterocycles. The number of benzene rings is 3. The van der Waals surface area contributed by atoms with Crippen molar-refractivity contribution >= 4 is 23.2 Å². The molecule has 3 aromatic carbocycles. The fraction of sp³-hybridized carbons (Fsp3) is 0.0952. The van der Waals surface area contributed by atoms with Crippen LogP contribution in [0.2, 0.25) is 5.02 Å². The Morgan fingerprint density at radius 2 is 1.77 bits per heavy atom. The number of para-hydroxylation sites is 2. The maximum atomic E-state index is 12.5.